The number of nitrogens with one attached hydrogen (secondary N) is 8. The summed E-state index contributed by atoms with van der Waals surface area (Å²) in [6.45, 7) is 27.1. The Morgan fingerprint density at radius 2 is 0.679 bits per heavy atom. The van der Waals surface area contributed by atoms with E-state index in [4.69, 9.17) is 29.9 Å². The molecule has 0 aliphatic rings. The van der Waals surface area contributed by atoms with Gasteiger partial charge in [-0.2, -0.15) is 0 Å². The number of carboxylic acids is 4. The fourth-order valence-electron chi connectivity index (χ4n) is 9.08. The van der Waals surface area contributed by atoms with Crippen LogP contribution in [-0.2, 0) is 124 Å². The molecule has 0 fully saturated rings. The fraction of sp³-hybridized carbons (Fsp3) is 0.732. The van der Waals surface area contributed by atoms with E-state index in [9.17, 15) is 87.2 Å². The number of hydrogen-bond donors (Lipinski definition) is 15. The Labute approximate surface area is 663 Å². The minimum atomic E-state index is -1.74. The number of esters is 2. The summed E-state index contributed by atoms with van der Waals surface area (Å²) < 4.78 is 9.70. The van der Waals surface area contributed by atoms with Gasteiger partial charge in [0.1, 0.15) is 12.1 Å². The SMILES string of the molecule is C.C.C.C.C.C.CCC(C)(CC(C)(C)C(=O)NCC(=O)NC(CC(=O)O)C(=O)O)C(=O)NCC(C)O.CCC(C)(CC(C)(C)C(=O)NCC(=O)[N-]C(CC(=O)O)C(=O)O)C(=O)NCC(C)O.CCOC(=O)CC(NC(=O)CNC(=O)C(C)(C)CC(C)(CC)C(=O)NCC(C)O)C(=O)OCC.[CH3-].[CH3-].[CH3-].[CH3-].[Pt+2].[Pt]. The predicted octanol–water partition coefficient (Wildman–Crippen LogP) is 5.78. The van der Waals surface area contributed by atoms with Crippen molar-refractivity contribution in [1.82, 2.24) is 42.5 Å². The fourth-order valence-corrected chi connectivity index (χ4v) is 9.08. The Hall–Kier alpha value is -6.69. The molecule has 0 radical (unpaired) electrons. The Balaban J connectivity index is -0.0000000855. The van der Waals surface area contributed by atoms with Crippen LogP contribution >= 0.6 is 0 Å². The minimum Gasteiger partial charge on any atom is -0.640 e. The smallest absolute Gasteiger partial charge is 0.640 e. The van der Waals surface area contributed by atoms with Gasteiger partial charge < -0.3 is 128 Å². The van der Waals surface area contributed by atoms with E-state index in [1.807, 2.05) is 12.2 Å². The van der Waals surface area contributed by atoms with Crippen molar-refractivity contribution < 1.29 is 159 Å². The van der Waals surface area contributed by atoms with Crippen LogP contribution in [0, 0.1) is 62.2 Å². The average molecular weight is 1900 g/mol. The summed E-state index contributed by atoms with van der Waals surface area (Å²) in [6, 6.07) is -4.58. The maximum atomic E-state index is 12.8. The summed E-state index contributed by atoms with van der Waals surface area (Å²) in [5.41, 5.74) is -5.76. The molecule has 0 aromatic rings. The van der Waals surface area contributed by atoms with Crippen LogP contribution in [0.2, 0.25) is 0 Å². The van der Waals surface area contributed by atoms with Gasteiger partial charge in [-0.1, -0.05) is 128 Å². The third-order valence-electron chi connectivity index (χ3n) is 14.8. The number of aliphatic hydroxyl groups is 3. The summed E-state index contributed by atoms with van der Waals surface area (Å²) in [5.74, 6) is -12.2. The quantitative estimate of drug-likeness (QED) is 0.0255. The number of carbonyl (C=O) groups is 15. The van der Waals surface area contributed by atoms with Gasteiger partial charge in [-0.15, -0.1) is 0 Å². The van der Waals surface area contributed by atoms with Crippen LogP contribution in [0.3, 0.4) is 0 Å². The number of carbonyl (C=O) groups excluding carboxylic acids is 11. The van der Waals surface area contributed by atoms with Crippen LogP contribution in [0.1, 0.15) is 220 Å². The van der Waals surface area contributed by atoms with Gasteiger partial charge in [0.2, 0.25) is 47.3 Å². The van der Waals surface area contributed by atoms with Crippen LogP contribution in [0.5, 0.6) is 0 Å². The number of rotatable bonds is 41. The van der Waals surface area contributed by atoms with Gasteiger partial charge >= 0.3 is 50.9 Å². The summed E-state index contributed by atoms with van der Waals surface area (Å²) >= 11 is 0. The minimum absolute atomic E-state index is 0. The number of carboxylic acid groups (broad SMARTS) is 4. The van der Waals surface area contributed by atoms with E-state index in [1.54, 1.807) is 96.9 Å². The van der Waals surface area contributed by atoms with E-state index < -0.39 is 179 Å². The zero-order valence-corrected chi connectivity index (χ0v) is 66.7. The maximum absolute atomic E-state index is 12.8. The van der Waals surface area contributed by atoms with Crippen molar-refractivity contribution in [3.63, 3.8) is 0 Å². The Morgan fingerprint density at radius 3 is 0.925 bits per heavy atom. The zero-order valence-electron chi connectivity index (χ0n) is 62.1. The van der Waals surface area contributed by atoms with Crippen molar-refractivity contribution in [2.75, 3.05) is 52.5 Å². The Bertz CT molecular complexity index is 2500. The van der Waals surface area contributed by atoms with Crippen LogP contribution < -0.4 is 42.5 Å². The molecule has 0 saturated carbocycles. The predicted molar refractivity (Wildman–Crippen MR) is 403 cm³/mol. The van der Waals surface area contributed by atoms with Crippen molar-refractivity contribution in [2.45, 2.75) is 256 Å². The van der Waals surface area contributed by atoms with Crippen molar-refractivity contribution in [3.8, 4) is 0 Å². The molecule has 0 bridgehead atoms. The standard InChI is InChI=1S/C23H41N3O8.2C19H33N3O8.6CH4.4CH3.2Pt/c1-8-23(7,21(32)24-12-15(4)27)14-22(5,6)20(31)25-13-17(28)26-16(19(30)34-10-3)11-18(29)33-9-2;2*1-6-19(5,17(30)20-8-11(2)23)10-18(3,4)16(29)21-9-13(24)22-12(15(27)28)7-14(25)26;;;;;;;;;;;;/h15-16,27H,8-14H2,1-7H3,(H,24,32)(H,25,31)(H,26,28);11-12,23H,6-10H2,1-5H3,(H,20,30)(H,21,29)(H,22,24)(H,25,26)(H,27,28);11-12,23H,6-10H2,1-5H3,(H5,20,21,22,24,25,26,27,28,29,30);6*1H4;4*1H3;;/q;;;;;;;;;4*-1;;+2/p-1. The summed E-state index contributed by atoms with van der Waals surface area (Å²) in [6.07, 6.45) is -2.32. The van der Waals surface area contributed by atoms with Gasteiger partial charge in [0.25, 0.3) is 5.97 Å². The molecule has 0 aliphatic heterocycles. The van der Waals surface area contributed by atoms with E-state index >= 15 is 0 Å². The molecule has 9 atom stereocenters. The second kappa shape index (κ2) is 64.3. The van der Waals surface area contributed by atoms with E-state index in [0.29, 0.717) is 19.3 Å². The summed E-state index contributed by atoms with van der Waals surface area (Å²) in [5, 5.41) is 86.3. The number of amides is 9. The first-order valence-electron chi connectivity index (χ1n) is 30.8. The van der Waals surface area contributed by atoms with Gasteiger partial charge in [-0.25, -0.2) is 9.59 Å². The summed E-state index contributed by atoms with van der Waals surface area (Å²) in [7, 11) is 0. The van der Waals surface area contributed by atoms with E-state index in [2.05, 4.69) is 42.5 Å². The number of nitrogens with zero attached hydrogens (tertiary/aromatic N) is 1. The molecule has 0 saturated heterocycles. The average Bonchev–Trinajstić information content (AvgIpc) is 0.829. The zero-order chi connectivity index (χ0) is 73.9. The second-order valence-electron chi connectivity index (χ2n) is 25.6. The molecule has 106 heavy (non-hydrogen) atoms. The number of aliphatic carboxylic acids is 4. The molecule has 0 spiro atoms. The number of ether oxygens (including phenoxy) is 2. The molecule has 9 unspecified atom stereocenters. The molecule has 0 aliphatic carbocycles. The number of hydrogen-bond acceptors (Lipinski definition) is 20. The topological polar surface area (TPSA) is 526 Å². The van der Waals surface area contributed by atoms with Crippen LogP contribution in [0.15, 0.2) is 0 Å². The molecular weight excluding hydrogens is 1750 g/mol. The van der Waals surface area contributed by atoms with Gasteiger partial charge in [0.15, 0.2) is 0 Å². The maximum Gasteiger partial charge on any atom is 2.00 e. The Morgan fingerprint density at radius 1 is 0.396 bits per heavy atom. The molecule has 9 amide bonds. The largest absolute Gasteiger partial charge is 2.00 e. The molecule has 35 heteroatoms. The first-order chi connectivity index (χ1) is 43.0. The molecule has 33 nitrogen and oxygen atoms in total. The molecule has 15 N–H and O–H groups in total. The second-order valence-corrected chi connectivity index (χ2v) is 25.6. The van der Waals surface area contributed by atoms with E-state index in [0.717, 1.165) is 0 Å². The van der Waals surface area contributed by atoms with E-state index in [-0.39, 0.29) is 186 Å². The third-order valence-corrected chi connectivity index (χ3v) is 14.8. The van der Waals surface area contributed by atoms with E-state index in [1.165, 1.54) is 13.8 Å². The first kappa shape index (κ1) is 135. The summed E-state index contributed by atoms with van der Waals surface area (Å²) in [4.78, 5) is 179. The molecular formula is C71H142N9O24Pt2-3. The van der Waals surface area contributed by atoms with Gasteiger partial charge in [-0.05, 0) is 79.2 Å². The van der Waals surface area contributed by atoms with Gasteiger partial charge in [0, 0.05) is 79.6 Å². The normalized spacial score (nSPS) is 13.4. The molecule has 0 aromatic heterocycles. The molecule has 0 rings (SSSR count). The van der Waals surface area contributed by atoms with Gasteiger partial charge in [0.05, 0.1) is 69.9 Å². The monoisotopic (exact) mass is 1890 g/mol. The van der Waals surface area contributed by atoms with Crippen LogP contribution in [0.25, 0.3) is 5.32 Å². The molecule has 0 heterocycles. The van der Waals surface area contributed by atoms with Crippen molar-refractivity contribution in [2.24, 2.45) is 32.5 Å². The van der Waals surface area contributed by atoms with Crippen molar-refractivity contribution in [1.29, 1.82) is 0 Å². The van der Waals surface area contributed by atoms with Crippen molar-refractivity contribution >= 4 is 89.0 Å². The first-order valence-corrected chi connectivity index (χ1v) is 30.8. The Kier molecular flexibility index (Phi) is 81.9. The molecule has 0 aromatic carbocycles. The number of aliphatic hydroxyl groups excluding tert-OH is 3. The van der Waals surface area contributed by atoms with Crippen LogP contribution in [0.4, 0.5) is 0 Å². The van der Waals surface area contributed by atoms with Crippen LogP contribution in [-0.4, -0.2) is 214 Å². The van der Waals surface area contributed by atoms with Crippen molar-refractivity contribution in [3.05, 3.63) is 35.0 Å². The molecule has 638 valence electrons. The third kappa shape index (κ3) is 54.8. The van der Waals surface area contributed by atoms with Gasteiger partial charge in [-0.3, -0.25) is 57.5 Å².